The predicted molar refractivity (Wildman–Crippen MR) is 123 cm³/mol. The highest BCUT2D eigenvalue weighted by Crippen LogP contribution is 2.28. The van der Waals surface area contributed by atoms with Gasteiger partial charge in [-0.25, -0.2) is 4.79 Å². The molecule has 2 aromatic heterocycles. The van der Waals surface area contributed by atoms with Gasteiger partial charge in [-0.05, 0) is 31.0 Å². The maximum absolute atomic E-state index is 13.0. The van der Waals surface area contributed by atoms with Gasteiger partial charge in [-0.3, -0.25) is 14.2 Å². The number of likely N-dealkylation sites (tertiary alicyclic amines) is 1. The highest BCUT2D eigenvalue weighted by atomic mass is 16.5. The number of para-hydroxylation sites is 1. The number of rotatable bonds is 5. The van der Waals surface area contributed by atoms with Gasteiger partial charge in [-0.2, -0.15) is 14.8 Å². The van der Waals surface area contributed by atoms with Crippen LogP contribution in [0.15, 0.2) is 74.8 Å². The van der Waals surface area contributed by atoms with Crippen LogP contribution in [0.5, 0.6) is 0 Å². The van der Waals surface area contributed by atoms with Crippen molar-refractivity contribution in [3.63, 3.8) is 0 Å². The van der Waals surface area contributed by atoms with Crippen molar-refractivity contribution in [1.82, 2.24) is 29.4 Å². The summed E-state index contributed by atoms with van der Waals surface area (Å²) in [4.78, 5) is 44.5. The second-order valence-corrected chi connectivity index (χ2v) is 8.00. The summed E-state index contributed by atoms with van der Waals surface area (Å²) in [7, 11) is 0. The highest BCUT2D eigenvalue weighted by molar-refractivity contribution is 5.90. The van der Waals surface area contributed by atoms with E-state index in [0.29, 0.717) is 18.8 Å². The molecule has 1 fully saturated rings. The maximum atomic E-state index is 13.0. The summed E-state index contributed by atoms with van der Waals surface area (Å²) >= 11 is 0. The van der Waals surface area contributed by atoms with Crippen molar-refractivity contribution in [3.05, 3.63) is 93.0 Å². The van der Waals surface area contributed by atoms with Crippen LogP contribution in [-0.2, 0) is 6.54 Å². The molecular weight excluding hydrogens is 436 g/mol. The van der Waals surface area contributed by atoms with E-state index in [9.17, 15) is 14.4 Å². The van der Waals surface area contributed by atoms with E-state index in [0.717, 1.165) is 15.7 Å². The molecule has 0 spiro atoms. The largest absolute Gasteiger partial charge is 0.352 e. The number of hydrogen-bond donors (Lipinski definition) is 0. The Bertz CT molecular complexity index is 1440. The third-order valence-corrected chi connectivity index (χ3v) is 5.94. The lowest BCUT2D eigenvalue weighted by Crippen LogP contribution is -2.41. The summed E-state index contributed by atoms with van der Waals surface area (Å²) in [6.07, 6.45) is 0.835. The lowest BCUT2D eigenvalue weighted by Gasteiger charge is -2.14. The lowest BCUT2D eigenvalue weighted by molar-refractivity contribution is 0.0741. The molecule has 0 bridgehead atoms. The van der Waals surface area contributed by atoms with E-state index >= 15 is 0 Å². The van der Waals surface area contributed by atoms with Crippen LogP contribution < -0.4 is 11.2 Å². The minimum atomic E-state index is -0.648. The summed E-state index contributed by atoms with van der Waals surface area (Å²) in [5.41, 5.74) is 0.268. The van der Waals surface area contributed by atoms with E-state index in [1.165, 1.54) is 5.56 Å². The Morgan fingerprint density at radius 2 is 1.76 bits per heavy atom. The van der Waals surface area contributed by atoms with Crippen LogP contribution in [0, 0.1) is 0 Å². The van der Waals surface area contributed by atoms with Crippen LogP contribution in [-0.4, -0.2) is 48.4 Å². The molecule has 1 aliphatic heterocycles. The van der Waals surface area contributed by atoms with Crippen LogP contribution in [0.25, 0.3) is 17.2 Å². The predicted octanol–water partition coefficient (Wildman–Crippen LogP) is 2.09. The zero-order valence-corrected chi connectivity index (χ0v) is 18.5. The zero-order valence-electron chi connectivity index (χ0n) is 18.5. The topological polar surface area (TPSA) is 116 Å². The Morgan fingerprint density at radius 3 is 2.47 bits per heavy atom. The maximum Gasteiger partial charge on any atom is 0.352 e. The molecule has 34 heavy (non-hydrogen) atoms. The molecule has 1 unspecified atom stereocenters. The van der Waals surface area contributed by atoms with Gasteiger partial charge in [-0.15, -0.1) is 0 Å². The minimum Gasteiger partial charge on any atom is -0.334 e. The number of aromatic nitrogens is 5. The van der Waals surface area contributed by atoms with E-state index in [1.54, 1.807) is 36.1 Å². The van der Waals surface area contributed by atoms with E-state index < -0.39 is 17.2 Å². The van der Waals surface area contributed by atoms with Crippen LogP contribution >= 0.6 is 0 Å². The molecule has 4 aromatic rings. The number of amides is 1. The highest BCUT2D eigenvalue weighted by Gasteiger charge is 2.31. The monoisotopic (exact) mass is 458 g/mol. The van der Waals surface area contributed by atoms with Crippen LogP contribution in [0.4, 0.5) is 0 Å². The van der Waals surface area contributed by atoms with Crippen molar-refractivity contribution in [1.29, 1.82) is 0 Å². The quantitative estimate of drug-likeness (QED) is 0.450. The molecular formula is C24H22N6O4. The van der Waals surface area contributed by atoms with Gasteiger partial charge in [0.2, 0.25) is 5.82 Å². The summed E-state index contributed by atoms with van der Waals surface area (Å²) in [6, 6.07) is 18.7. The van der Waals surface area contributed by atoms with E-state index in [1.807, 2.05) is 24.3 Å². The first-order valence-electron chi connectivity index (χ1n) is 11.0. The van der Waals surface area contributed by atoms with Crippen LogP contribution in [0.2, 0.25) is 0 Å². The SMILES string of the molecule is CCn1c(=O)c(-c2noc(C(=O)N3CCC(c4ccccc4)C3)n2)nn(-c2ccccc2)c1=O. The summed E-state index contributed by atoms with van der Waals surface area (Å²) in [6.45, 7) is 2.93. The summed E-state index contributed by atoms with van der Waals surface area (Å²) in [5.74, 6) is -0.519. The minimum absolute atomic E-state index is 0.137. The molecule has 172 valence electrons. The van der Waals surface area contributed by atoms with Crippen molar-refractivity contribution >= 4 is 5.91 Å². The number of nitrogens with zero attached hydrogens (tertiary/aromatic N) is 6. The average molecular weight is 458 g/mol. The third kappa shape index (κ3) is 3.83. The van der Waals surface area contributed by atoms with Gasteiger partial charge >= 0.3 is 17.5 Å². The van der Waals surface area contributed by atoms with E-state index in [-0.39, 0.29) is 29.9 Å². The fourth-order valence-corrected chi connectivity index (χ4v) is 4.15. The molecule has 0 N–H and O–H groups in total. The Hall–Kier alpha value is -4.34. The molecule has 3 heterocycles. The smallest absolute Gasteiger partial charge is 0.334 e. The molecule has 0 saturated carbocycles. The third-order valence-electron chi connectivity index (χ3n) is 5.94. The molecule has 10 nitrogen and oxygen atoms in total. The molecule has 2 aromatic carbocycles. The lowest BCUT2D eigenvalue weighted by atomic mass is 9.99. The zero-order chi connectivity index (χ0) is 23.7. The second kappa shape index (κ2) is 8.89. The molecule has 1 aliphatic rings. The van der Waals surface area contributed by atoms with Crippen molar-refractivity contribution in [2.75, 3.05) is 13.1 Å². The van der Waals surface area contributed by atoms with Gasteiger partial charge in [0.15, 0.2) is 5.69 Å². The Morgan fingerprint density at radius 1 is 1.06 bits per heavy atom. The first-order valence-corrected chi connectivity index (χ1v) is 11.0. The molecule has 1 atom stereocenters. The molecule has 0 aliphatic carbocycles. The Labute approximate surface area is 194 Å². The molecule has 0 radical (unpaired) electrons. The summed E-state index contributed by atoms with van der Waals surface area (Å²) < 4.78 is 7.36. The number of carbonyl (C=O) groups is 1. The van der Waals surface area contributed by atoms with Crippen molar-refractivity contribution in [2.24, 2.45) is 0 Å². The van der Waals surface area contributed by atoms with Crippen LogP contribution in [0.1, 0.15) is 35.5 Å². The van der Waals surface area contributed by atoms with Gasteiger partial charge in [0.1, 0.15) is 0 Å². The van der Waals surface area contributed by atoms with E-state index in [4.69, 9.17) is 4.52 Å². The normalized spacial score (nSPS) is 15.6. The van der Waals surface area contributed by atoms with E-state index in [2.05, 4.69) is 27.4 Å². The first kappa shape index (κ1) is 21.5. The fourth-order valence-electron chi connectivity index (χ4n) is 4.15. The van der Waals surface area contributed by atoms with Crippen LogP contribution in [0.3, 0.4) is 0 Å². The second-order valence-electron chi connectivity index (χ2n) is 8.00. The van der Waals surface area contributed by atoms with Gasteiger partial charge in [0, 0.05) is 25.6 Å². The van der Waals surface area contributed by atoms with Crippen molar-refractivity contribution in [2.45, 2.75) is 25.8 Å². The number of hydrogen-bond acceptors (Lipinski definition) is 7. The molecule has 10 heteroatoms. The van der Waals surface area contributed by atoms with Gasteiger partial charge in [-0.1, -0.05) is 53.7 Å². The number of carbonyl (C=O) groups excluding carboxylic acids is 1. The summed E-state index contributed by atoms with van der Waals surface area (Å²) in [5, 5.41) is 8.04. The molecule has 1 saturated heterocycles. The molecule has 1 amide bonds. The van der Waals surface area contributed by atoms with Gasteiger partial charge < -0.3 is 9.42 Å². The Kier molecular flexibility index (Phi) is 5.62. The molecule has 5 rings (SSSR count). The van der Waals surface area contributed by atoms with Crippen molar-refractivity contribution in [3.8, 4) is 17.2 Å². The fraction of sp³-hybridized carbons (Fsp3) is 0.250. The van der Waals surface area contributed by atoms with Gasteiger partial charge in [0.05, 0.1) is 5.69 Å². The Balaban J connectivity index is 1.45. The first-order chi connectivity index (χ1) is 16.6. The average Bonchev–Trinajstić information content (AvgIpc) is 3.56. The van der Waals surface area contributed by atoms with Crippen molar-refractivity contribution < 1.29 is 9.32 Å². The standard InChI is InChI=1S/C24H22N6O4/c1-2-29-22(31)19(26-30(24(29)33)18-11-7-4-8-12-18)20-25-21(34-27-20)23(32)28-14-13-17(15-28)16-9-5-3-6-10-16/h3-12,17H,2,13-15H2,1H3. The van der Waals surface area contributed by atoms with Gasteiger partial charge in [0.25, 0.3) is 5.56 Å². The number of benzene rings is 2.